The van der Waals surface area contributed by atoms with Crippen LogP contribution in [0.1, 0.15) is 24.4 Å². The van der Waals surface area contributed by atoms with E-state index >= 15 is 0 Å². The maximum absolute atomic E-state index is 6.05. The van der Waals surface area contributed by atoms with E-state index in [1.54, 1.807) is 18.4 Å². The Morgan fingerprint density at radius 1 is 1.58 bits per heavy atom. The van der Waals surface area contributed by atoms with E-state index in [2.05, 4.69) is 5.38 Å². The zero-order chi connectivity index (χ0) is 8.55. The first-order valence-corrected chi connectivity index (χ1v) is 5.13. The summed E-state index contributed by atoms with van der Waals surface area (Å²) >= 11 is 1.66. The molecule has 3 heteroatoms. The van der Waals surface area contributed by atoms with E-state index in [9.17, 15) is 0 Å². The summed E-state index contributed by atoms with van der Waals surface area (Å²) in [6.07, 6.45) is 2.56. The van der Waals surface area contributed by atoms with Crippen molar-refractivity contribution in [1.29, 1.82) is 0 Å². The molecule has 2 rings (SSSR count). The van der Waals surface area contributed by atoms with Crippen LogP contribution in [0.15, 0.2) is 10.8 Å². The van der Waals surface area contributed by atoms with E-state index in [-0.39, 0.29) is 6.04 Å². The molecule has 66 valence electrons. The molecule has 12 heavy (non-hydrogen) atoms. The molecule has 0 aromatic carbocycles. The van der Waals surface area contributed by atoms with E-state index in [0.29, 0.717) is 5.92 Å². The smallest absolute Gasteiger partial charge is 0.134 e. The first-order valence-electron chi connectivity index (χ1n) is 4.18. The van der Waals surface area contributed by atoms with Crippen molar-refractivity contribution in [1.82, 2.24) is 0 Å². The van der Waals surface area contributed by atoms with Gasteiger partial charge < -0.3 is 10.5 Å². The second kappa shape index (κ2) is 3.07. The Labute approximate surface area is 76.3 Å². The predicted molar refractivity (Wildman–Crippen MR) is 50.5 cm³/mol. The molecule has 0 spiro atoms. The maximum Gasteiger partial charge on any atom is 0.134 e. The lowest BCUT2D eigenvalue weighted by molar-refractivity contribution is 0.405. The molecule has 0 bridgehead atoms. The standard InChI is InChI=1S/C9H13NOS/c1-11-8-5-12-4-7(8)9(10)6-2-3-6/h4-6,9H,2-3,10H2,1H3/t9-/m1/s1. The molecular weight excluding hydrogens is 170 g/mol. The predicted octanol–water partition coefficient (Wildman–Crippen LogP) is 2.17. The van der Waals surface area contributed by atoms with Crippen LogP contribution in [0.3, 0.4) is 0 Å². The quantitative estimate of drug-likeness (QED) is 0.779. The van der Waals surface area contributed by atoms with Crippen molar-refractivity contribution in [3.63, 3.8) is 0 Å². The van der Waals surface area contributed by atoms with Crippen molar-refractivity contribution >= 4 is 11.3 Å². The van der Waals surface area contributed by atoms with Crippen LogP contribution in [-0.2, 0) is 0 Å². The molecule has 1 aromatic heterocycles. The number of thiophene rings is 1. The molecule has 1 aliphatic rings. The van der Waals surface area contributed by atoms with Crippen molar-refractivity contribution in [2.24, 2.45) is 11.7 Å². The van der Waals surface area contributed by atoms with Gasteiger partial charge in [-0.15, -0.1) is 11.3 Å². The third kappa shape index (κ3) is 1.34. The van der Waals surface area contributed by atoms with Gasteiger partial charge in [0.15, 0.2) is 0 Å². The van der Waals surface area contributed by atoms with Gasteiger partial charge in [0.05, 0.1) is 7.11 Å². The van der Waals surface area contributed by atoms with Crippen LogP contribution in [-0.4, -0.2) is 7.11 Å². The molecule has 1 saturated carbocycles. The first-order chi connectivity index (χ1) is 5.83. The van der Waals surface area contributed by atoms with Gasteiger partial charge in [0, 0.05) is 17.0 Å². The van der Waals surface area contributed by atoms with Crippen LogP contribution in [0.4, 0.5) is 0 Å². The highest BCUT2D eigenvalue weighted by atomic mass is 32.1. The fraction of sp³-hybridized carbons (Fsp3) is 0.556. The second-order valence-electron chi connectivity index (χ2n) is 3.26. The summed E-state index contributed by atoms with van der Waals surface area (Å²) in [6, 6.07) is 0.200. The van der Waals surface area contributed by atoms with Gasteiger partial charge in [-0.2, -0.15) is 0 Å². The third-order valence-electron chi connectivity index (χ3n) is 2.36. The van der Waals surface area contributed by atoms with Crippen molar-refractivity contribution in [3.05, 3.63) is 16.3 Å². The largest absolute Gasteiger partial charge is 0.496 e. The van der Waals surface area contributed by atoms with Crippen molar-refractivity contribution in [2.45, 2.75) is 18.9 Å². The summed E-state index contributed by atoms with van der Waals surface area (Å²) < 4.78 is 5.21. The van der Waals surface area contributed by atoms with Gasteiger partial charge in [-0.3, -0.25) is 0 Å². The van der Waals surface area contributed by atoms with E-state index in [4.69, 9.17) is 10.5 Å². The van der Waals surface area contributed by atoms with E-state index < -0.39 is 0 Å². The molecular formula is C9H13NOS. The van der Waals surface area contributed by atoms with Gasteiger partial charge in [-0.25, -0.2) is 0 Å². The molecule has 2 nitrogen and oxygen atoms in total. The van der Waals surface area contributed by atoms with Crippen molar-refractivity contribution in [2.75, 3.05) is 7.11 Å². The molecule has 2 N–H and O–H groups in total. The number of hydrogen-bond donors (Lipinski definition) is 1. The number of hydrogen-bond acceptors (Lipinski definition) is 3. The lowest BCUT2D eigenvalue weighted by Crippen LogP contribution is -2.12. The van der Waals surface area contributed by atoms with Crippen LogP contribution in [0.5, 0.6) is 5.75 Å². The minimum absolute atomic E-state index is 0.200. The van der Waals surface area contributed by atoms with Gasteiger partial charge in [0.1, 0.15) is 5.75 Å². The third-order valence-corrected chi connectivity index (χ3v) is 3.10. The molecule has 1 aliphatic carbocycles. The Kier molecular flexibility index (Phi) is 2.07. The Hall–Kier alpha value is -0.540. The summed E-state index contributed by atoms with van der Waals surface area (Å²) in [7, 11) is 1.70. The Morgan fingerprint density at radius 2 is 2.33 bits per heavy atom. The van der Waals surface area contributed by atoms with Crippen LogP contribution in [0, 0.1) is 5.92 Å². The molecule has 1 atom stereocenters. The average Bonchev–Trinajstić information content (AvgIpc) is 2.82. The van der Waals surface area contributed by atoms with Crippen LogP contribution < -0.4 is 10.5 Å². The van der Waals surface area contributed by atoms with Gasteiger partial charge >= 0.3 is 0 Å². The van der Waals surface area contributed by atoms with Gasteiger partial charge in [-0.05, 0) is 24.1 Å². The second-order valence-corrected chi connectivity index (χ2v) is 4.00. The monoisotopic (exact) mass is 183 g/mol. The number of ether oxygens (including phenoxy) is 1. The summed E-state index contributed by atoms with van der Waals surface area (Å²) in [5, 5.41) is 4.11. The summed E-state index contributed by atoms with van der Waals surface area (Å²) in [4.78, 5) is 0. The van der Waals surface area contributed by atoms with Crippen LogP contribution in [0.25, 0.3) is 0 Å². The summed E-state index contributed by atoms with van der Waals surface area (Å²) in [6.45, 7) is 0. The van der Waals surface area contributed by atoms with Crippen molar-refractivity contribution < 1.29 is 4.74 Å². The molecule has 0 amide bonds. The van der Waals surface area contributed by atoms with Gasteiger partial charge in [-0.1, -0.05) is 0 Å². The van der Waals surface area contributed by atoms with Crippen molar-refractivity contribution in [3.8, 4) is 5.75 Å². The molecule has 0 saturated heterocycles. The molecule has 1 heterocycles. The summed E-state index contributed by atoms with van der Waals surface area (Å²) in [5.41, 5.74) is 7.23. The zero-order valence-corrected chi connectivity index (χ0v) is 7.93. The lowest BCUT2D eigenvalue weighted by Gasteiger charge is -2.10. The van der Waals surface area contributed by atoms with E-state index in [1.165, 1.54) is 18.4 Å². The molecule has 1 fully saturated rings. The highest BCUT2D eigenvalue weighted by Crippen LogP contribution is 2.43. The topological polar surface area (TPSA) is 35.2 Å². The normalized spacial score (nSPS) is 19.2. The minimum Gasteiger partial charge on any atom is -0.496 e. The summed E-state index contributed by atoms with van der Waals surface area (Å²) in [5.74, 6) is 1.66. The number of nitrogens with two attached hydrogens (primary N) is 1. The average molecular weight is 183 g/mol. The minimum atomic E-state index is 0.200. The number of rotatable bonds is 3. The Morgan fingerprint density at radius 3 is 2.92 bits per heavy atom. The van der Waals surface area contributed by atoms with E-state index in [1.807, 2.05) is 5.38 Å². The van der Waals surface area contributed by atoms with E-state index in [0.717, 1.165) is 5.75 Å². The van der Waals surface area contributed by atoms with Gasteiger partial charge in [0.2, 0.25) is 0 Å². The fourth-order valence-corrected chi connectivity index (χ4v) is 2.26. The molecule has 0 unspecified atom stereocenters. The van der Waals surface area contributed by atoms with Gasteiger partial charge in [0.25, 0.3) is 0 Å². The zero-order valence-electron chi connectivity index (χ0n) is 7.12. The lowest BCUT2D eigenvalue weighted by atomic mass is 10.1. The maximum atomic E-state index is 6.05. The Balaban J connectivity index is 2.19. The fourth-order valence-electron chi connectivity index (χ4n) is 1.41. The first kappa shape index (κ1) is 8.08. The molecule has 1 aromatic rings. The Bertz CT molecular complexity index is 267. The highest BCUT2D eigenvalue weighted by molar-refractivity contribution is 7.08. The SMILES string of the molecule is COc1cscc1[C@H](N)C1CC1. The van der Waals surface area contributed by atoms with Crippen LogP contribution in [0.2, 0.25) is 0 Å². The van der Waals surface area contributed by atoms with Crippen LogP contribution >= 0.6 is 11.3 Å². The molecule has 0 aliphatic heterocycles. The number of methoxy groups -OCH3 is 1. The highest BCUT2D eigenvalue weighted by Gasteiger charge is 2.31. The molecule has 0 radical (unpaired) electrons.